The highest BCUT2D eigenvalue weighted by Gasteiger charge is 2.05. The highest BCUT2D eigenvalue weighted by molar-refractivity contribution is 5.79. The third kappa shape index (κ3) is 4.99. The summed E-state index contributed by atoms with van der Waals surface area (Å²) in [5, 5.41) is 6.55. The van der Waals surface area contributed by atoms with Crippen LogP contribution >= 0.6 is 0 Å². The largest absolute Gasteiger partial charge is 0.493 e. The minimum atomic E-state index is 0.687. The van der Waals surface area contributed by atoms with Gasteiger partial charge in [-0.15, -0.1) is 0 Å². The van der Waals surface area contributed by atoms with Gasteiger partial charge in [0.05, 0.1) is 14.2 Å². The molecule has 0 heterocycles. The highest BCUT2D eigenvalue weighted by Crippen LogP contribution is 2.27. The first-order valence-electron chi connectivity index (χ1n) is 6.90. The number of guanidine groups is 1. The van der Waals surface area contributed by atoms with Gasteiger partial charge in [0.15, 0.2) is 17.5 Å². The van der Waals surface area contributed by atoms with Crippen LogP contribution in [0.1, 0.15) is 25.3 Å². The fourth-order valence-electron chi connectivity index (χ4n) is 1.78. The molecule has 0 saturated carbocycles. The van der Waals surface area contributed by atoms with Crippen molar-refractivity contribution in [1.82, 2.24) is 10.6 Å². The molecule has 1 rings (SSSR count). The molecule has 0 aliphatic rings. The van der Waals surface area contributed by atoms with Crippen LogP contribution in [-0.4, -0.2) is 33.8 Å². The number of benzene rings is 1. The van der Waals surface area contributed by atoms with Crippen LogP contribution in [0.4, 0.5) is 0 Å². The third-order valence-corrected chi connectivity index (χ3v) is 2.95. The molecule has 1 aromatic carbocycles. The van der Waals surface area contributed by atoms with Gasteiger partial charge < -0.3 is 20.1 Å². The van der Waals surface area contributed by atoms with Crippen molar-refractivity contribution in [2.24, 2.45) is 4.99 Å². The molecule has 0 aliphatic carbocycles. The van der Waals surface area contributed by atoms with E-state index in [1.54, 1.807) is 21.3 Å². The lowest BCUT2D eigenvalue weighted by molar-refractivity contribution is 0.354. The first-order valence-corrected chi connectivity index (χ1v) is 6.90. The van der Waals surface area contributed by atoms with Crippen molar-refractivity contribution in [2.45, 2.75) is 26.3 Å². The second kappa shape index (κ2) is 9.07. The molecule has 0 spiro atoms. The normalized spacial score (nSPS) is 11.1. The third-order valence-electron chi connectivity index (χ3n) is 2.95. The van der Waals surface area contributed by atoms with E-state index in [9.17, 15) is 0 Å². The summed E-state index contributed by atoms with van der Waals surface area (Å²) >= 11 is 0. The molecule has 0 saturated heterocycles. The topological polar surface area (TPSA) is 54.9 Å². The predicted molar refractivity (Wildman–Crippen MR) is 82.7 cm³/mol. The molecular formula is C15H25N3O2. The summed E-state index contributed by atoms with van der Waals surface area (Å²) < 4.78 is 10.5. The summed E-state index contributed by atoms with van der Waals surface area (Å²) in [7, 11) is 5.05. The van der Waals surface area contributed by atoms with E-state index in [-0.39, 0.29) is 0 Å². The van der Waals surface area contributed by atoms with Crippen LogP contribution in [0, 0.1) is 0 Å². The van der Waals surface area contributed by atoms with Crippen LogP contribution in [0.2, 0.25) is 0 Å². The highest BCUT2D eigenvalue weighted by atomic mass is 16.5. The Labute approximate surface area is 121 Å². The van der Waals surface area contributed by atoms with E-state index < -0.39 is 0 Å². The van der Waals surface area contributed by atoms with Crippen molar-refractivity contribution in [3.63, 3.8) is 0 Å². The van der Waals surface area contributed by atoms with E-state index >= 15 is 0 Å². The van der Waals surface area contributed by atoms with Gasteiger partial charge in [0, 0.05) is 20.1 Å². The first-order chi connectivity index (χ1) is 9.74. The van der Waals surface area contributed by atoms with Gasteiger partial charge in [-0.2, -0.15) is 0 Å². The Hall–Kier alpha value is -1.91. The molecule has 0 amide bonds. The van der Waals surface area contributed by atoms with Crippen molar-refractivity contribution in [3.05, 3.63) is 23.8 Å². The van der Waals surface area contributed by atoms with Crippen molar-refractivity contribution < 1.29 is 9.47 Å². The van der Waals surface area contributed by atoms with Gasteiger partial charge in [0.2, 0.25) is 0 Å². The molecule has 1 aromatic rings. The summed E-state index contributed by atoms with van der Waals surface area (Å²) in [6.07, 6.45) is 2.30. The molecule has 0 aromatic heterocycles. The Bertz CT molecular complexity index is 433. The van der Waals surface area contributed by atoms with Crippen LogP contribution in [0.15, 0.2) is 23.2 Å². The maximum absolute atomic E-state index is 5.29. The molecule has 0 bridgehead atoms. The summed E-state index contributed by atoms with van der Waals surface area (Å²) in [4.78, 5) is 4.19. The Morgan fingerprint density at radius 3 is 2.50 bits per heavy atom. The average molecular weight is 279 g/mol. The molecule has 2 N–H and O–H groups in total. The van der Waals surface area contributed by atoms with E-state index in [0.29, 0.717) is 6.54 Å². The number of ether oxygens (including phenoxy) is 2. The molecule has 0 atom stereocenters. The van der Waals surface area contributed by atoms with Gasteiger partial charge in [-0.3, -0.25) is 4.99 Å². The number of hydrogen-bond donors (Lipinski definition) is 2. The predicted octanol–water partition coefficient (Wildman–Crippen LogP) is 2.17. The lowest BCUT2D eigenvalue weighted by Gasteiger charge is -2.13. The van der Waals surface area contributed by atoms with Gasteiger partial charge in [0.25, 0.3) is 0 Å². The van der Waals surface area contributed by atoms with Gasteiger partial charge in [-0.05, 0) is 24.1 Å². The number of methoxy groups -OCH3 is 2. The first kappa shape index (κ1) is 16.1. The zero-order chi connectivity index (χ0) is 14.8. The second-order valence-electron chi connectivity index (χ2n) is 4.40. The zero-order valence-corrected chi connectivity index (χ0v) is 12.8. The summed E-state index contributed by atoms with van der Waals surface area (Å²) in [6.45, 7) is 3.79. The minimum Gasteiger partial charge on any atom is -0.493 e. The van der Waals surface area contributed by atoms with Crippen LogP contribution < -0.4 is 20.1 Å². The van der Waals surface area contributed by atoms with Gasteiger partial charge in [-0.25, -0.2) is 0 Å². The van der Waals surface area contributed by atoms with E-state index in [1.165, 1.54) is 6.42 Å². The minimum absolute atomic E-state index is 0.687. The van der Waals surface area contributed by atoms with Crippen molar-refractivity contribution in [3.8, 4) is 11.5 Å². The van der Waals surface area contributed by atoms with Crippen LogP contribution in [0.5, 0.6) is 11.5 Å². The fourth-order valence-corrected chi connectivity index (χ4v) is 1.78. The second-order valence-corrected chi connectivity index (χ2v) is 4.40. The molecule has 5 heteroatoms. The maximum atomic E-state index is 5.29. The van der Waals surface area contributed by atoms with E-state index in [0.717, 1.165) is 36.0 Å². The standard InChI is InChI=1S/C15H25N3O2/c1-5-6-9-17-15(16-2)18-11-12-7-8-13(19-3)14(10-12)20-4/h7-8,10H,5-6,9,11H2,1-4H3,(H2,16,17,18). The SMILES string of the molecule is CCCCNC(=NC)NCc1ccc(OC)c(OC)c1. The number of hydrogen-bond acceptors (Lipinski definition) is 3. The fraction of sp³-hybridized carbons (Fsp3) is 0.533. The number of nitrogens with zero attached hydrogens (tertiary/aromatic N) is 1. The quantitative estimate of drug-likeness (QED) is 0.456. The van der Waals surface area contributed by atoms with Gasteiger partial charge in [0.1, 0.15) is 0 Å². The summed E-state index contributed by atoms with van der Waals surface area (Å²) in [6, 6.07) is 5.88. The number of unbranched alkanes of at least 4 members (excludes halogenated alkanes) is 1. The summed E-state index contributed by atoms with van der Waals surface area (Å²) in [5.74, 6) is 2.29. The van der Waals surface area contributed by atoms with Crippen molar-refractivity contribution in [1.29, 1.82) is 0 Å². The van der Waals surface area contributed by atoms with E-state index in [4.69, 9.17) is 9.47 Å². The lowest BCUT2D eigenvalue weighted by Crippen LogP contribution is -2.37. The lowest BCUT2D eigenvalue weighted by atomic mass is 10.2. The summed E-state index contributed by atoms with van der Waals surface area (Å²) in [5.41, 5.74) is 1.11. The Kier molecular flexibility index (Phi) is 7.32. The zero-order valence-electron chi connectivity index (χ0n) is 12.8. The van der Waals surface area contributed by atoms with Gasteiger partial charge >= 0.3 is 0 Å². The molecule has 0 aliphatic heterocycles. The van der Waals surface area contributed by atoms with Crippen LogP contribution in [0.25, 0.3) is 0 Å². The number of aliphatic imine (C=N–C) groups is 1. The Morgan fingerprint density at radius 1 is 1.15 bits per heavy atom. The van der Waals surface area contributed by atoms with E-state index in [2.05, 4.69) is 22.5 Å². The molecule has 0 unspecified atom stereocenters. The monoisotopic (exact) mass is 279 g/mol. The molecule has 0 radical (unpaired) electrons. The average Bonchev–Trinajstić information content (AvgIpc) is 2.50. The van der Waals surface area contributed by atoms with Crippen LogP contribution in [0.3, 0.4) is 0 Å². The molecule has 5 nitrogen and oxygen atoms in total. The maximum Gasteiger partial charge on any atom is 0.191 e. The molecule has 112 valence electrons. The van der Waals surface area contributed by atoms with Crippen molar-refractivity contribution in [2.75, 3.05) is 27.8 Å². The number of rotatable bonds is 7. The van der Waals surface area contributed by atoms with Gasteiger partial charge in [-0.1, -0.05) is 19.4 Å². The van der Waals surface area contributed by atoms with Crippen LogP contribution in [-0.2, 0) is 6.54 Å². The number of nitrogens with one attached hydrogen (secondary N) is 2. The molecule has 0 fully saturated rings. The molecular weight excluding hydrogens is 254 g/mol. The molecule has 20 heavy (non-hydrogen) atoms. The smallest absolute Gasteiger partial charge is 0.191 e. The Morgan fingerprint density at radius 2 is 1.90 bits per heavy atom. The Balaban J connectivity index is 2.55. The van der Waals surface area contributed by atoms with Crippen molar-refractivity contribution >= 4 is 5.96 Å². The van der Waals surface area contributed by atoms with E-state index in [1.807, 2.05) is 18.2 Å².